The topological polar surface area (TPSA) is 49.9 Å². The van der Waals surface area contributed by atoms with Gasteiger partial charge in [0.25, 0.3) is 0 Å². The van der Waals surface area contributed by atoms with Crippen molar-refractivity contribution < 1.29 is 14.3 Å². The SMILES string of the molecule is O=C(C1CCOCC1)N1CCC(C(=O)N2CCCc3ccccc32)CC1. The van der Waals surface area contributed by atoms with Gasteiger partial charge in [-0.3, -0.25) is 9.59 Å². The van der Waals surface area contributed by atoms with Crippen LogP contribution in [0.3, 0.4) is 0 Å². The number of hydrogen-bond acceptors (Lipinski definition) is 3. The van der Waals surface area contributed by atoms with Crippen LogP contribution in [-0.4, -0.2) is 49.6 Å². The number of hydrogen-bond donors (Lipinski definition) is 0. The summed E-state index contributed by atoms with van der Waals surface area (Å²) in [4.78, 5) is 29.7. The van der Waals surface area contributed by atoms with Crippen molar-refractivity contribution in [1.82, 2.24) is 4.90 Å². The predicted octanol–water partition coefficient (Wildman–Crippen LogP) is 2.63. The molecule has 0 aliphatic carbocycles. The number of fused-ring (bicyclic) bond motifs is 1. The summed E-state index contributed by atoms with van der Waals surface area (Å²) in [6, 6.07) is 8.26. The van der Waals surface area contributed by atoms with Crippen LogP contribution in [-0.2, 0) is 20.7 Å². The Kier molecular flexibility index (Phi) is 5.25. The first kappa shape index (κ1) is 17.5. The second-order valence-electron chi connectivity index (χ2n) is 7.71. The van der Waals surface area contributed by atoms with Crippen molar-refractivity contribution in [2.75, 3.05) is 37.7 Å². The maximum absolute atomic E-state index is 13.1. The molecule has 1 aromatic carbocycles. The lowest BCUT2D eigenvalue weighted by Crippen LogP contribution is -2.47. The highest BCUT2D eigenvalue weighted by Gasteiger charge is 2.34. The van der Waals surface area contributed by atoms with Crippen molar-refractivity contribution in [3.8, 4) is 0 Å². The van der Waals surface area contributed by atoms with Crippen LogP contribution >= 0.6 is 0 Å². The highest BCUT2D eigenvalue weighted by molar-refractivity contribution is 5.96. The fraction of sp³-hybridized carbons (Fsp3) is 0.619. The molecule has 0 N–H and O–H groups in total. The molecular weight excluding hydrogens is 328 g/mol. The summed E-state index contributed by atoms with van der Waals surface area (Å²) < 4.78 is 5.36. The third-order valence-electron chi connectivity index (χ3n) is 6.10. The van der Waals surface area contributed by atoms with E-state index in [1.807, 2.05) is 21.9 Å². The Labute approximate surface area is 155 Å². The summed E-state index contributed by atoms with van der Waals surface area (Å²) in [6.45, 7) is 3.63. The Bertz CT molecular complexity index is 661. The molecule has 0 saturated carbocycles. The molecule has 2 saturated heterocycles. The van der Waals surface area contributed by atoms with Crippen molar-refractivity contribution in [3.05, 3.63) is 29.8 Å². The van der Waals surface area contributed by atoms with E-state index in [9.17, 15) is 9.59 Å². The van der Waals surface area contributed by atoms with E-state index in [0.717, 1.165) is 50.8 Å². The van der Waals surface area contributed by atoms with Gasteiger partial charge in [-0.2, -0.15) is 0 Å². The van der Waals surface area contributed by atoms with Gasteiger partial charge in [-0.05, 0) is 50.2 Å². The first-order valence-corrected chi connectivity index (χ1v) is 10.00. The number of carbonyl (C=O) groups excluding carboxylic acids is 2. The Balaban J connectivity index is 1.36. The van der Waals surface area contributed by atoms with Gasteiger partial charge < -0.3 is 14.5 Å². The standard InChI is InChI=1S/C21H28N2O3/c24-20(18-9-14-26-15-10-18)22-12-7-17(8-13-22)21(25)23-11-3-5-16-4-1-2-6-19(16)23/h1-2,4,6,17-18H,3,5,7-15H2. The Hall–Kier alpha value is -1.88. The van der Waals surface area contributed by atoms with E-state index in [1.54, 1.807) is 0 Å². The van der Waals surface area contributed by atoms with Crippen LogP contribution in [0.4, 0.5) is 5.69 Å². The van der Waals surface area contributed by atoms with E-state index < -0.39 is 0 Å². The number of benzene rings is 1. The highest BCUT2D eigenvalue weighted by atomic mass is 16.5. The molecule has 3 aliphatic heterocycles. The largest absolute Gasteiger partial charge is 0.381 e. The average molecular weight is 356 g/mol. The molecule has 0 spiro atoms. The third-order valence-corrected chi connectivity index (χ3v) is 6.10. The molecule has 5 heteroatoms. The van der Waals surface area contributed by atoms with Gasteiger partial charge in [0.15, 0.2) is 0 Å². The van der Waals surface area contributed by atoms with Crippen LogP contribution in [0.25, 0.3) is 0 Å². The maximum Gasteiger partial charge on any atom is 0.230 e. The van der Waals surface area contributed by atoms with Gasteiger partial charge in [0.05, 0.1) is 0 Å². The molecule has 0 atom stereocenters. The van der Waals surface area contributed by atoms with Crippen molar-refractivity contribution in [2.45, 2.75) is 38.5 Å². The molecule has 2 amide bonds. The lowest BCUT2D eigenvalue weighted by molar-refractivity contribution is -0.141. The minimum Gasteiger partial charge on any atom is -0.381 e. The molecule has 0 aromatic heterocycles. The summed E-state index contributed by atoms with van der Waals surface area (Å²) in [7, 11) is 0. The number of likely N-dealkylation sites (tertiary alicyclic amines) is 1. The van der Waals surface area contributed by atoms with Gasteiger partial charge in [0.1, 0.15) is 0 Å². The normalized spacial score (nSPS) is 22.2. The molecule has 26 heavy (non-hydrogen) atoms. The van der Waals surface area contributed by atoms with Gasteiger partial charge in [-0.15, -0.1) is 0 Å². The number of anilines is 1. The van der Waals surface area contributed by atoms with Gasteiger partial charge in [-0.25, -0.2) is 0 Å². The Morgan fingerprint density at radius 1 is 0.885 bits per heavy atom. The number of para-hydroxylation sites is 1. The smallest absolute Gasteiger partial charge is 0.230 e. The number of aryl methyl sites for hydroxylation is 1. The van der Waals surface area contributed by atoms with Crippen LogP contribution in [0.1, 0.15) is 37.7 Å². The van der Waals surface area contributed by atoms with E-state index in [4.69, 9.17) is 4.74 Å². The monoisotopic (exact) mass is 356 g/mol. The van der Waals surface area contributed by atoms with Gasteiger partial charge in [0, 0.05) is 50.4 Å². The fourth-order valence-corrected chi connectivity index (χ4v) is 4.53. The number of carbonyl (C=O) groups is 2. The van der Waals surface area contributed by atoms with E-state index in [2.05, 4.69) is 12.1 Å². The molecule has 140 valence electrons. The summed E-state index contributed by atoms with van der Waals surface area (Å²) in [5.74, 6) is 0.669. The molecule has 0 unspecified atom stereocenters. The van der Waals surface area contributed by atoms with Crippen molar-refractivity contribution in [2.24, 2.45) is 11.8 Å². The zero-order valence-electron chi connectivity index (χ0n) is 15.4. The van der Waals surface area contributed by atoms with Crippen molar-refractivity contribution in [1.29, 1.82) is 0 Å². The van der Waals surface area contributed by atoms with Crippen molar-refractivity contribution >= 4 is 17.5 Å². The van der Waals surface area contributed by atoms with Gasteiger partial charge in [-0.1, -0.05) is 18.2 Å². The quantitative estimate of drug-likeness (QED) is 0.818. The third kappa shape index (κ3) is 3.50. The number of piperidine rings is 1. The Morgan fingerprint density at radius 2 is 1.58 bits per heavy atom. The second-order valence-corrected chi connectivity index (χ2v) is 7.71. The fourth-order valence-electron chi connectivity index (χ4n) is 4.53. The molecule has 2 fully saturated rings. The minimum atomic E-state index is 0.0416. The lowest BCUT2D eigenvalue weighted by atomic mass is 9.91. The van der Waals surface area contributed by atoms with Crippen LogP contribution in [0.5, 0.6) is 0 Å². The van der Waals surface area contributed by atoms with E-state index in [1.165, 1.54) is 5.56 Å². The summed E-state index contributed by atoms with van der Waals surface area (Å²) in [5, 5.41) is 0. The minimum absolute atomic E-state index is 0.0416. The molecule has 0 bridgehead atoms. The zero-order valence-corrected chi connectivity index (χ0v) is 15.4. The first-order chi connectivity index (χ1) is 12.7. The van der Waals surface area contributed by atoms with Crippen molar-refractivity contribution in [3.63, 3.8) is 0 Å². The molecule has 3 aliphatic rings. The van der Waals surface area contributed by atoms with E-state index >= 15 is 0 Å². The first-order valence-electron chi connectivity index (χ1n) is 10.00. The van der Waals surface area contributed by atoms with Crippen LogP contribution in [0.2, 0.25) is 0 Å². The molecular formula is C21H28N2O3. The molecule has 0 radical (unpaired) electrons. The van der Waals surface area contributed by atoms with Gasteiger partial charge >= 0.3 is 0 Å². The summed E-state index contributed by atoms with van der Waals surface area (Å²) in [5.41, 5.74) is 2.36. The number of ether oxygens (including phenoxy) is 1. The zero-order chi connectivity index (χ0) is 17.9. The van der Waals surface area contributed by atoms with Crippen LogP contribution in [0.15, 0.2) is 24.3 Å². The van der Waals surface area contributed by atoms with Gasteiger partial charge in [0.2, 0.25) is 11.8 Å². The number of rotatable bonds is 2. The molecule has 3 heterocycles. The summed E-state index contributed by atoms with van der Waals surface area (Å²) >= 11 is 0. The number of amides is 2. The Morgan fingerprint density at radius 3 is 2.35 bits per heavy atom. The lowest BCUT2D eigenvalue weighted by Gasteiger charge is -2.37. The predicted molar refractivity (Wildman–Crippen MR) is 100.0 cm³/mol. The van der Waals surface area contributed by atoms with E-state index in [0.29, 0.717) is 26.3 Å². The molecule has 4 rings (SSSR count). The maximum atomic E-state index is 13.1. The summed E-state index contributed by atoms with van der Waals surface area (Å²) in [6.07, 6.45) is 5.32. The van der Waals surface area contributed by atoms with Crippen LogP contribution < -0.4 is 4.90 Å². The molecule has 5 nitrogen and oxygen atoms in total. The van der Waals surface area contributed by atoms with Crippen LogP contribution in [0, 0.1) is 11.8 Å². The average Bonchev–Trinajstić information content (AvgIpc) is 2.73. The molecule has 1 aromatic rings. The second kappa shape index (κ2) is 7.78. The number of nitrogens with zero attached hydrogens (tertiary/aromatic N) is 2. The highest BCUT2D eigenvalue weighted by Crippen LogP contribution is 2.31. The van der Waals surface area contributed by atoms with E-state index in [-0.39, 0.29) is 23.7 Å².